The molecule has 37 heavy (non-hydrogen) atoms. The highest BCUT2D eigenvalue weighted by Crippen LogP contribution is 2.46. The SMILES string of the molecule is O=C1c2c(O)c(=O)ccn2N(C(c2cccc(F)c2)c2cccc(F)c2)[C@@H]2[C@H]3C[C@@H](O)CC[C@@H]3CCN12. The average molecular weight is 508 g/mol. The zero-order chi connectivity index (χ0) is 25.8. The molecule has 2 aromatic carbocycles. The fourth-order valence-corrected chi connectivity index (χ4v) is 6.50. The first kappa shape index (κ1) is 23.7. The van der Waals surface area contributed by atoms with Gasteiger partial charge in [0.05, 0.1) is 12.1 Å². The van der Waals surface area contributed by atoms with Crippen molar-refractivity contribution in [3.8, 4) is 5.75 Å². The van der Waals surface area contributed by atoms with Crippen molar-refractivity contribution in [2.45, 2.75) is 44.0 Å². The van der Waals surface area contributed by atoms with E-state index in [9.17, 15) is 28.6 Å². The lowest BCUT2D eigenvalue weighted by molar-refractivity contribution is -0.0304. The number of piperidine rings is 1. The number of rotatable bonds is 3. The minimum atomic E-state index is -0.773. The summed E-state index contributed by atoms with van der Waals surface area (Å²) in [5, 5.41) is 23.2. The van der Waals surface area contributed by atoms with E-state index in [2.05, 4.69) is 0 Å². The third kappa shape index (κ3) is 3.89. The van der Waals surface area contributed by atoms with Crippen LogP contribution in [0.3, 0.4) is 0 Å². The Bertz CT molecular complexity index is 1380. The van der Waals surface area contributed by atoms with Gasteiger partial charge < -0.3 is 15.1 Å². The third-order valence-electron chi connectivity index (χ3n) is 8.09. The third-order valence-corrected chi connectivity index (χ3v) is 8.09. The van der Waals surface area contributed by atoms with Crippen LogP contribution in [0.2, 0.25) is 0 Å². The number of nitrogens with zero attached hydrogens (tertiary/aromatic N) is 3. The number of aliphatic hydroxyl groups excluding tert-OH is 1. The number of carbonyl (C=O) groups is 1. The monoisotopic (exact) mass is 507 g/mol. The summed E-state index contributed by atoms with van der Waals surface area (Å²) in [5.41, 5.74) is 0.162. The van der Waals surface area contributed by atoms with Gasteiger partial charge in [0, 0.05) is 24.7 Å². The number of amides is 1. The molecule has 1 saturated heterocycles. The Labute approximate surface area is 212 Å². The molecule has 3 aromatic rings. The van der Waals surface area contributed by atoms with Crippen LogP contribution in [0.1, 0.15) is 53.3 Å². The second-order valence-corrected chi connectivity index (χ2v) is 10.2. The standard InChI is InChI=1S/C28H27F2N3O4/c29-19-5-1-3-17(13-19)24(18-4-2-6-20(30)14-18)33-27-22-15-21(34)8-7-16(22)9-11-31(27)28(37)25-26(36)23(35)10-12-32(25)33/h1-6,10,12-14,16,21-22,24,27,34,36H,7-9,11,15H2/t16-,21+,22+,27-/m1/s1. The summed E-state index contributed by atoms with van der Waals surface area (Å²) in [6, 6.07) is 12.4. The molecule has 1 saturated carbocycles. The van der Waals surface area contributed by atoms with Gasteiger partial charge in [-0.05, 0) is 67.0 Å². The Morgan fingerprint density at radius 3 is 2.24 bits per heavy atom. The summed E-state index contributed by atoms with van der Waals surface area (Å²) < 4.78 is 30.5. The lowest BCUT2D eigenvalue weighted by atomic mass is 9.71. The maximum Gasteiger partial charge on any atom is 0.278 e. The first-order valence-electron chi connectivity index (χ1n) is 12.6. The molecular formula is C28H27F2N3O4. The fourth-order valence-electron chi connectivity index (χ4n) is 6.50. The Hall–Kier alpha value is -3.72. The van der Waals surface area contributed by atoms with E-state index in [0.29, 0.717) is 30.5 Å². The van der Waals surface area contributed by atoms with Crippen molar-refractivity contribution < 1.29 is 23.8 Å². The van der Waals surface area contributed by atoms with Crippen LogP contribution >= 0.6 is 0 Å². The van der Waals surface area contributed by atoms with Gasteiger partial charge in [0.25, 0.3) is 5.91 Å². The molecular weight excluding hydrogens is 480 g/mol. The van der Waals surface area contributed by atoms with E-state index >= 15 is 0 Å². The molecule has 2 fully saturated rings. The molecule has 6 rings (SSSR count). The molecule has 7 nitrogen and oxygen atoms in total. The van der Waals surface area contributed by atoms with Gasteiger partial charge in [0.1, 0.15) is 17.8 Å². The Kier molecular flexibility index (Phi) is 5.75. The molecule has 0 bridgehead atoms. The topological polar surface area (TPSA) is 86.0 Å². The van der Waals surface area contributed by atoms with Crippen molar-refractivity contribution in [3.63, 3.8) is 0 Å². The predicted molar refractivity (Wildman–Crippen MR) is 132 cm³/mol. The minimum Gasteiger partial charge on any atom is -0.502 e. The van der Waals surface area contributed by atoms with Crippen LogP contribution in [0.5, 0.6) is 5.75 Å². The summed E-state index contributed by atoms with van der Waals surface area (Å²) in [6.07, 6.45) is 3.03. The van der Waals surface area contributed by atoms with Crippen molar-refractivity contribution in [2.24, 2.45) is 11.8 Å². The van der Waals surface area contributed by atoms with Crippen LogP contribution in [-0.2, 0) is 0 Å². The molecule has 3 heterocycles. The molecule has 192 valence electrons. The number of pyridine rings is 1. The van der Waals surface area contributed by atoms with E-state index in [0.717, 1.165) is 12.8 Å². The number of fused-ring (bicyclic) bond motifs is 4. The first-order chi connectivity index (χ1) is 17.8. The molecule has 1 aliphatic carbocycles. The molecule has 0 radical (unpaired) electrons. The maximum atomic E-state index is 14.5. The highest BCUT2D eigenvalue weighted by molar-refractivity contribution is 5.96. The van der Waals surface area contributed by atoms with Gasteiger partial charge in [-0.2, -0.15) is 0 Å². The lowest BCUT2D eigenvalue weighted by Crippen LogP contribution is -2.68. The molecule has 1 aromatic heterocycles. The highest BCUT2D eigenvalue weighted by atomic mass is 19.1. The Morgan fingerprint density at radius 1 is 0.919 bits per heavy atom. The highest BCUT2D eigenvalue weighted by Gasteiger charge is 2.52. The normalized spacial score (nSPS) is 25.0. The van der Waals surface area contributed by atoms with Gasteiger partial charge in [0.2, 0.25) is 5.43 Å². The first-order valence-corrected chi connectivity index (χ1v) is 12.6. The van der Waals surface area contributed by atoms with Crippen LogP contribution in [-0.4, -0.2) is 44.5 Å². The zero-order valence-electron chi connectivity index (χ0n) is 20.0. The van der Waals surface area contributed by atoms with Crippen molar-refractivity contribution in [3.05, 3.63) is 99.5 Å². The van der Waals surface area contributed by atoms with Crippen LogP contribution in [0, 0.1) is 23.5 Å². The Morgan fingerprint density at radius 2 is 1.59 bits per heavy atom. The van der Waals surface area contributed by atoms with E-state index in [-0.39, 0.29) is 17.5 Å². The van der Waals surface area contributed by atoms with Crippen LogP contribution in [0.25, 0.3) is 0 Å². The quantitative estimate of drug-likeness (QED) is 0.567. The largest absolute Gasteiger partial charge is 0.502 e. The van der Waals surface area contributed by atoms with Gasteiger partial charge in [-0.1, -0.05) is 24.3 Å². The summed E-state index contributed by atoms with van der Waals surface area (Å²) in [6.45, 7) is 0.402. The summed E-state index contributed by atoms with van der Waals surface area (Å²) >= 11 is 0. The predicted octanol–water partition coefficient (Wildman–Crippen LogP) is 3.52. The molecule has 2 N–H and O–H groups in total. The number of hydrogen-bond acceptors (Lipinski definition) is 5. The van der Waals surface area contributed by atoms with E-state index in [1.54, 1.807) is 29.2 Å². The van der Waals surface area contributed by atoms with Crippen molar-refractivity contribution in [1.29, 1.82) is 0 Å². The van der Waals surface area contributed by atoms with Crippen LogP contribution in [0.15, 0.2) is 65.6 Å². The molecule has 3 aliphatic rings. The molecule has 9 heteroatoms. The summed E-state index contributed by atoms with van der Waals surface area (Å²) in [7, 11) is 0. The second kappa shape index (κ2) is 8.99. The molecule has 0 spiro atoms. The number of benzene rings is 2. The molecule has 1 amide bonds. The van der Waals surface area contributed by atoms with Gasteiger partial charge in [-0.25, -0.2) is 8.78 Å². The Balaban J connectivity index is 1.63. The summed E-state index contributed by atoms with van der Waals surface area (Å²) in [4.78, 5) is 27.8. The second-order valence-electron chi connectivity index (χ2n) is 10.2. The number of hydrogen-bond donors (Lipinski definition) is 2. The van der Waals surface area contributed by atoms with Crippen LogP contribution < -0.4 is 10.4 Å². The van der Waals surface area contributed by atoms with Crippen molar-refractivity contribution in [2.75, 3.05) is 11.6 Å². The minimum absolute atomic E-state index is 0.124. The van der Waals surface area contributed by atoms with Gasteiger partial charge in [-0.15, -0.1) is 0 Å². The van der Waals surface area contributed by atoms with Crippen LogP contribution in [0.4, 0.5) is 8.78 Å². The van der Waals surface area contributed by atoms with E-state index < -0.39 is 47.0 Å². The number of aliphatic hydroxyl groups is 1. The van der Waals surface area contributed by atoms with Gasteiger partial charge in [-0.3, -0.25) is 19.3 Å². The maximum absolute atomic E-state index is 14.5. The lowest BCUT2D eigenvalue weighted by Gasteiger charge is -2.57. The number of carbonyl (C=O) groups excluding carboxylic acids is 1. The molecule has 2 aliphatic heterocycles. The van der Waals surface area contributed by atoms with Gasteiger partial charge >= 0.3 is 0 Å². The molecule has 0 unspecified atom stereocenters. The average Bonchev–Trinajstić information content (AvgIpc) is 2.87. The van der Waals surface area contributed by atoms with E-state index in [4.69, 9.17) is 0 Å². The van der Waals surface area contributed by atoms with Gasteiger partial charge in [0.15, 0.2) is 11.4 Å². The zero-order valence-corrected chi connectivity index (χ0v) is 20.0. The smallest absolute Gasteiger partial charge is 0.278 e. The van der Waals surface area contributed by atoms with Crippen molar-refractivity contribution in [1.82, 2.24) is 9.58 Å². The number of aromatic nitrogens is 1. The van der Waals surface area contributed by atoms with E-state index in [1.165, 1.54) is 41.2 Å². The number of halogens is 2. The molecule has 4 atom stereocenters. The number of aromatic hydroxyl groups is 1. The van der Waals surface area contributed by atoms with Crippen molar-refractivity contribution >= 4 is 5.91 Å². The van der Waals surface area contributed by atoms with E-state index in [1.807, 2.05) is 5.01 Å². The summed E-state index contributed by atoms with van der Waals surface area (Å²) in [5.74, 6) is -1.97. The fraction of sp³-hybridized carbons (Fsp3) is 0.357.